The molecule has 1 rings (SSSR count). The van der Waals surface area contributed by atoms with Gasteiger partial charge in [0.2, 0.25) is 0 Å². The number of nitrogens with zero attached hydrogens (tertiary/aromatic N) is 1. The lowest BCUT2D eigenvalue weighted by Gasteiger charge is -2.26. The maximum Gasteiger partial charge on any atom is 0.314 e. The first-order valence-corrected chi connectivity index (χ1v) is 6.49. The number of hydrogen-bond donors (Lipinski definition) is 2. The molecule has 1 heterocycles. The van der Waals surface area contributed by atoms with Crippen molar-refractivity contribution in [3.8, 4) is 0 Å². The smallest absolute Gasteiger partial charge is 0.314 e. The summed E-state index contributed by atoms with van der Waals surface area (Å²) in [5.41, 5.74) is 0. The van der Waals surface area contributed by atoms with Gasteiger partial charge in [-0.3, -0.25) is 9.69 Å². The number of ketones is 1. The van der Waals surface area contributed by atoms with Crippen LogP contribution in [0.3, 0.4) is 0 Å². The van der Waals surface area contributed by atoms with E-state index in [1.807, 2.05) is 0 Å². The Morgan fingerprint density at radius 1 is 1.17 bits per heavy atom. The Labute approximate surface area is 108 Å². The number of carbonyl (C=O) groups is 2. The highest BCUT2D eigenvalue weighted by Crippen LogP contribution is 1.97. The van der Waals surface area contributed by atoms with E-state index in [0.717, 1.165) is 39.3 Å². The summed E-state index contributed by atoms with van der Waals surface area (Å²) in [5.74, 6) is 0.0858. The van der Waals surface area contributed by atoms with Crippen LogP contribution in [0.25, 0.3) is 0 Å². The molecule has 0 bridgehead atoms. The number of morpholine rings is 1. The second-order valence-electron chi connectivity index (χ2n) is 4.44. The maximum atomic E-state index is 11.3. The Balaban J connectivity index is 1.93. The average molecular weight is 257 g/mol. The van der Waals surface area contributed by atoms with Crippen molar-refractivity contribution in [2.45, 2.75) is 19.8 Å². The number of ether oxygens (including phenoxy) is 1. The maximum absolute atomic E-state index is 11.3. The van der Waals surface area contributed by atoms with Crippen molar-refractivity contribution in [3.05, 3.63) is 0 Å². The normalized spacial score (nSPS) is 16.3. The first kappa shape index (κ1) is 14.9. The van der Waals surface area contributed by atoms with Gasteiger partial charge >= 0.3 is 6.03 Å². The summed E-state index contributed by atoms with van der Waals surface area (Å²) < 4.78 is 5.26. The Kier molecular flexibility index (Phi) is 7.36. The monoisotopic (exact) mass is 257 g/mol. The third-order valence-electron chi connectivity index (χ3n) is 2.80. The predicted octanol–water partition coefficient (Wildman–Crippen LogP) is -0.0130. The Hall–Kier alpha value is -1.14. The molecule has 2 N–H and O–H groups in total. The lowest BCUT2D eigenvalue weighted by atomic mass is 10.3. The van der Waals surface area contributed by atoms with Crippen molar-refractivity contribution in [1.29, 1.82) is 0 Å². The Morgan fingerprint density at radius 2 is 1.83 bits per heavy atom. The highest BCUT2D eigenvalue weighted by molar-refractivity contribution is 5.77. The van der Waals surface area contributed by atoms with Gasteiger partial charge in [0.05, 0.1) is 13.2 Å². The third kappa shape index (κ3) is 7.24. The van der Waals surface area contributed by atoms with Crippen molar-refractivity contribution in [3.63, 3.8) is 0 Å². The van der Waals surface area contributed by atoms with Gasteiger partial charge in [-0.15, -0.1) is 0 Å². The van der Waals surface area contributed by atoms with E-state index < -0.39 is 0 Å². The molecule has 0 aromatic carbocycles. The van der Waals surface area contributed by atoms with Crippen molar-refractivity contribution < 1.29 is 14.3 Å². The van der Waals surface area contributed by atoms with Crippen molar-refractivity contribution in [1.82, 2.24) is 15.5 Å². The summed E-state index contributed by atoms with van der Waals surface area (Å²) in [7, 11) is 0. The summed E-state index contributed by atoms with van der Waals surface area (Å²) in [6.45, 7) is 7.13. The number of carbonyl (C=O) groups excluding carboxylic acids is 2. The summed E-state index contributed by atoms with van der Waals surface area (Å²) in [4.78, 5) is 24.3. The minimum Gasteiger partial charge on any atom is -0.379 e. The van der Waals surface area contributed by atoms with Gasteiger partial charge in [0.25, 0.3) is 0 Å². The van der Waals surface area contributed by atoms with Gasteiger partial charge in [0.15, 0.2) is 0 Å². The van der Waals surface area contributed by atoms with E-state index >= 15 is 0 Å². The molecular weight excluding hydrogens is 234 g/mol. The van der Waals surface area contributed by atoms with Gasteiger partial charge in [-0.2, -0.15) is 0 Å². The van der Waals surface area contributed by atoms with Gasteiger partial charge < -0.3 is 15.4 Å². The van der Waals surface area contributed by atoms with Gasteiger partial charge in [-0.25, -0.2) is 4.79 Å². The minimum atomic E-state index is -0.196. The predicted molar refractivity (Wildman–Crippen MR) is 68.6 cm³/mol. The van der Waals surface area contributed by atoms with Crippen LogP contribution in [0.1, 0.15) is 19.8 Å². The number of Topliss-reactive ketones (excluding diaryl/α,β-unsaturated/α-hetero) is 1. The molecule has 0 unspecified atom stereocenters. The van der Waals surface area contributed by atoms with Gasteiger partial charge in [-0.05, 0) is 19.9 Å². The second kappa shape index (κ2) is 8.88. The van der Waals surface area contributed by atoms with Crippen LogP contribution < -0.4 is 10.6 Å². The van der Waals surface area contributed by atoms with Crippen LogP contribution in [0, 0.1) is 0 Å². The topological polar surface area (TPSA) is 70.7 Å². The van der Waals surface area contributed by atoms with Gasteiger partial charge in [0, 0.05) is 32.6 Å². The fourth-order valence-electron chi connectivity index (χ4n) is 1.74. The van der Waals surface area contributed by atoms with Crippen molar-refractivity contribution in [2.75, 3.05) is 45.9 Å². The molecule has 0 radical (unpaired) electrons. The van der Waals surface area contributed by atoms with Crippen LogP contribution in [0.4, 0.5) is 4.79 Å². The summed E-state index contributed by atoms with van der Waals surface area (Å²) in [5, 5.41) is 5.42. The molecule has 1 aliphatic rings. The highest BCUT2D eigenvalue weighted by atomic mass is 16.5. The Bertz CT molecular complexity index is 265. The van der Waals surface area contributed by atoms with E-state index in [0.29, 0.717) is 19.5 Å². The van der Waals surface area contributed by atoms with Crippen LogP contribution in [0.5, 0.6) is 0 Å². The first-order chi connectivity index (χ1) is 8.68. The zero-order chi connectivity index (χ0) is 13.2. The van der Waals surface area contributed by atoms with Gasteiger partial charge in [0.1, 0.15) is 5.78 Å². The van der Waals surface area contributed by atoms with Gasteiger partial charge in [-0.1, -0.05) is 0 Å². The summed E-state index contributed by atoms with van der Waals surface area (Å²) in [6, 6.07) is -0.196. The van der Waals surface area contributed by atoms with E-state index in [4.69, 9.17) is 4.74 Å². The number of nitrogens with one attached hydrogen (secondary N) is 2. The molecule has 0 spiro atoms. The number of urea groups is 1. The molecule has 0 saturated carbocycles. The molecule has 2 amide bonds. The molecule has 1 fully saturated rings. The molecule has 6 heteroatoms. The second-order valence-corrected chi connectivity index (χ2v) is 4.44. The van der Waals surface area contributed by atoms with E-state index in [9.17, 15) is 9.59 Å². The number of rotatable bonds is 7. The van der Waals surface area contributed by atoms with E-state index in [-0.39, 0.29) is 11.8 Å². The van der Waals surface area contributed by atoms with Crippen LogP contribution in [0.2, 0.25) is 0 Å². The molecule has 6 nitrogen and oxygen atoms in total. The van der Waals surface area contributed by atoms with E-state index in [1.54, 1.807) is 0 Å². The lowest BCUT2D eigenvalue weighted by molar-refractivity contribution is -0.116. The van der Waals surface area contributed by atoms with Crippen molar-refractivity contribution in [2.24, 2.45) is 0 Å². The molecule has 1 saturated heterocycles. The lowest BCUT2D eigenvalue weighted by Crippen LogP contribution is -2.40. The van der Waals surface area contributed by atoms with E-state index in [1.165, 1.54) is 6.92 Å². The molecule has 1 aliphatic heterocycles. The zero-order valence-electron chi connectivity index (χ0n) is 11.0. The standard InChI is InChI=1S/C12H23N3O3/c1-11(16)3-5-14-12(17)13-4-2-6-15-7-9-18-10-8-15/h2-10H2,1H3,(H2,13,14,17). The van der Waals surface area contributed by atoms with Crippen LogP contribution >= 0.6 is 0 Å². The van der Waals surface area contributed by atoms with Crippen LogP contribution in [-0.4, -0.2) is 62.7 Å². The molecule has 104 valence electrons. The SMILES string of the molecule is CC(=O)CCNC(=O)NCCCN1CCOCC1. The molecule has 0 atom stereocenters. The van der Waals surface area contributed by atoms with Crippen LogP contribution in [-0.2, 0) is 9.53 Å². The molecule has 0 aromatic rings. The average Bonchev–Trinajstić information content (AvgIpc) is 2.35. The Morgan fingerprint density at radius 3 is 2.50 bits per heavy atom. The quantitative estimate of drug-likeness (QED) is 0.629. The fourth-order valence-corrected chi connectivity index (χ4v) is 1.74. The highest BCUT2D eigenvalue weighted by Gasteiger charge is 2.09. The first-order valence-electron chi connectivity index (χ1n) is 6.49. The summed E-state index contributed by atoms with van der Waals surface area (Å²) in [6.07, 6.45) is 1.32. The number of amides is 2. The van der Waals surface area contributed by atoms with E-state index in [2.05, 4.69) is 15.5 Å². The molecule has 0 aliphatic carbocycles. The third-order valence-corrected chi connectivity index (χ3v) is 2.80. The van der Waals surface area contributed by atoms with Crippen LogP contribution in [0.15, 0.2) is 0 Å². The minimum absolute atomic E-state index is 0.0858. The zero-order valence-corrected chi connectivity index (χ0v) is 11.0. The van der Waals surface area contributed by atoms with Crippen molar-refractivity contribution >= 4 is 11.8 Å². The molecule has 18 heavy (non-hydrogen) atoms. The number of hydrogen-bond acceptors (Lipinski definition) is 4. The largest absolute Gasteiger partial charge is 0.379 e. The summed E-state index contributed by atoms with van der Waals surface area (Å²) >= 11 is 0. The fraction of sp³-hybridized carbons (Fsp3) is 0.833. The molecular formula is C12H23N3O3. The molecule has 0 aromatic heterocycles.